The van der Waals surface area contributed by atoms with Crippen LogP contribution in [0.1, 0.15) is 90.4 Å². The number of carbonyl (C=O) groups excluding carboxylic acids is 2. The standard InChI is InChI=1S/C19H37N5O4/c1-2-3-4-5-6-7-8-9-10-11-14-18(26)22-17(16-25)13-12-15-21-19(20)23-24(27)28/h16-17H,2-15H2,1H3,(H,22,26)(H3,20,21,23). The van der Waals surface area contributed by atoms with Crippen molar-refractivity contribution in [1.82, 2.24) is 16.1 Å². The number of unbranched alkanes of at least 4 members (excludes halogenated alkanes) is 9. The molecule has 0 aliphatic heterocycles. The Hall–Kier alpha value is -2.19. The molecule has 0 aromatic heterocycles. The fourth-order valence-electron chi connectivity index (χ4n) is 2.89. The number of nitro groups is 1. The first kappa shape index (κ1) is 25.8. The summed E-state index contributed by atoms with van der Waals surface area (Å²) in [5, 5.41) is 21.8. The predicted octanol–water partition coefficient (Wildman–Crippen LogP) is 3.07. The van der Waals surface area contributed by atoms with Crippen LogP contribution in [0.4, 0.5) is 0 Å². The summed E-state index contributed by atoms with van der Waals surface area (Å²) in [6, 6.07) is -0.560. The molecule has 0 fully saturated rings. The van der Waals surface area contributed by atoms with Gasteiger partial charge in [-0.2, -0.15) is 0 Å². The molecule has 28 heavy (non-hydrogen) atoms. The van der Waals surface area contributed by atoms with Gasteiger partial charge in [-0.25, -0.2) is 10.1 Å². The minimum atomic E-state index is -0.822. The molecule has 0 saturated carbocycles. The van der Waals surface area contributed by atoms with Crippen molar-refractivity contribution in [2.75, 3.05) is 6.54 Å². The van der Waals surface area contributed by atoms with E-state index in [2.05, 4.69) is 17.6 Å². The lowest BCUT2D eigenvalue weighted by Crippen LogP contribution is -2.41. The molecular weight excluding hydrogens is 362 g/mol. The summed E-state index contributed by atoms with van der Waals surface area (Å²) in [5.74, 6) is -0.523. The topological polar surface area (TPSA) is 137 Å². The molecule has 162 valence electrons. The van der Waals surface area contributed by atoms with Crippen LogP contribution in [-0.2, 0) is 9.59 Å². The molecule has 0 spiro atoms. The van der Waals surface area contributed by atoms with E-state index in [9.17, 15) is 19.7 Å². The number of hydrogen-bond acceptors (Lipinski definition) is 5. The summed E-state index contributed by atoms with van der Waals surface area (Å²) in [6.07, 6.45) is 14.1. The number of amides is 1. The molecule has 0 heterocycles. The second kappa shape index (κ2) is 18.2. The molecule has 0 bridgehead atoms. The van der Waals surface area contributed by atoms with E-state index in [-0.39, 0.29) is 5.91 Å². The van der Waals surface area contributed by atoms with Gasteiger partial charge in [-0.1, -0.05) is 70.1 Å². The molecular formula is C19H37N5O4. The molecule has 0 saturated heterocycles. The number of hydrogen-bond donors (Lipinski definition) is 4. The number of aldehydes is 1. The van der Waals surface area contributed by atoms with Crippen LogP contribution in [0.5, 0.6) is 0 Å². The fraction of sp³-hybridized carbons (Fsp3) is 0.842. The molecule has 1 atom stereocenters. The van der Waals surface area contributed by atoms with Crippen LogP contribution in [0.3, 0.4) is 0 Å². The van der Waals surface area contributed by atoms with Crippen molar-refractivity contribution in [3.63, 3.8) is 0 Å². The second-order valence-electron chi connectivity index (χ2n) is 7.05. The summed E-state index contributed by atoms with van der Waals surface area (Å²) in [4.78, 5) is 33.1. The molecule has 0 rings (SSSR count). The van der Waals surface area contributed by atoms with Crippen molar-refractivity contribution in [1.29, 1.82) is 5.41 Å². The molecule has 1 amide bonds. The Morgan fingerprint density at radius 3 is 2.14 bits per heavy atom. The van der Waals surface area contributed by atoms with Gasteiger partial charge in [0.15, 0.2) is 5.03 Å². The minimum Gasteiger partial charge on any atom is -0.352 e. The summed E-state index contributed by atoms with van der Waals surface area (Å²) in [5.41, 5.74) is 1.68. The highest BCUT2D eigenvalue weighted by Gasteiger charge is 2.11. The van der Waals surface area contributed by atoms with Gasteiger partial charge in [0.25, 0.3) is 5.96 Å². The molecule has 0 aromatic carbocycles. The summed E-state index contributed by atoms with van der Waals surface area (Å²) in [6.45, 7) is 2.52. The maximum atomic E-state index is 11.9. The largest absolute Gasteiger partial charge is 0.352 e. The van der Waals surface area contributed by atoms with Crippen LogP contribution >= 0.6 is 0 Å². The van der Waals surface area contributed by atoms with E-state index in [1.807, 2.05) is 0 Å². The first-order valence-electron chi connectivity index (χ1n) is 10.5. The van der Waals surface area contributed by atoms with Crippen molar-refractivity contribution < 1.29 is 14.6 Å². The Morgan fingerprint density at radius 1 is 1.04 bits per heavy atom. The maximum Gasteiger partial charge on any atom is 0.251 e. The Labute approximate surface area is 168 Å². The normalized spacial score (nSPS) is 11.5. The van der Waals surface area contributed by atoms with Gasteiger partial charge in [0.1, 0.15) is 6.29 Å². The predicted molar refractivity (Wildman–Crippen MR) is 110 cm³/mol. The number of nitrogens with one attached hydrogen (secondary N) is 4. The van der Waals surface area contributed by atoms with Crippen LogP contribution in [0.25, 0.3) is 0 Å². The number of nitrogens with zero attached hydrogens (tertiary/aromatic N) is 1. The number of hydrazine groups is 1. The van der Waals surface area contributed by atoms with E-state index < -0.39 is 17.0 Å². The quantitative estimate of drug-likeness (QED) is 0.0698. The van der Waals surface area contributed by atoms with Crippen LogP contribution in [-0.4, -0.2) is 35.8 Å². The fourth-order valence-corrected chi connectivity index (χ4v) is 2.89. The molecule has 4 N–H and O–H groups in total. The smallest absolute Gasteiger partial charge is 0.251 e. The van der Waals surface area contributed by atoms with E-state index in [0.717, 1.165) is 19.3 Å². The first-order chi connectivity index (χ1) is 13.5. The molecule has 0 aromatic rings. The van der Waals surface area contributed by atoms with E-state index in [0.29, 0.717) is 32.1 Å². The van der Waals surface area contributed by atoms with Gasteiger partial charge in [0, 0.05) is 13.0 Å². The van der Waals surface area contributed by atoms with Gasteiger partial charge >= 0.3 is 0 Å². The van der Waals surface area contributed by atoms with Gasteiger partial charge in [-0.05, 0) is 19.3 Å². The Morgan fingerprint density at radius 2 is 1.61 bits per heavy atom. The van der Waals surface area contributed by atoms with Gasteiger partial charge in [-0.15, -0.1) is 0 Å². The lowest BCUT2D eigenvalue weighted by Gasteiger charge is -2.13. The lowest BCUT2D eigenvalue weighted by atomic mass is 10.1. The Balaban J connectivity index is 3.62. The Bertz CT molecular complexity index is 460. The summed E-state index contributed by atoms with van der Waals surface area (Å²) < 4.78 is 0. The molecule has 0 radical (unpaired) electrons. The summed E-state index contributed by atoms with van der Waals surface area (Å²) in [7, 11) is 0. The minimum absolute atomic E-state index is 0.118. The third kappa shape index (κ3) is 17.2. The number of carbonyl (C=O) groups is 2. The zero-order valence-electron chi connectivity index (χ0n) is 17.1. The second-order valence-corrected chi connectivity index (χ2v) is 7.05. The van der Waals surface area contributed by atoms with Crippen molar-refractivity contribution >= 4 is 18.2 Å². The van der Waals surface area contributed by atoms with Crippen LogP contribution < -0.4 is 16.1 Å². The highest BCUT2D eigenvalue weighted by Crippen LogP contribution is 2.11. The number of rotatable bonds is 18. The maximum absolute atomic E-state index is 11.9. The lowest BCUT2D eigenvalue weighted by molar-refractivity contribution is -0.525. The first-order valence-corrected chi connectivity index (χ1v) is 10.5. The van der Waals surface area contributed by atoms with Crippen LogP contribution in [0.15, 0.2) is 0 Å². The highest BCUT2D eigenvalue weighted by molar-refractivity contribution is 5.79. The third-order valence-corrected chi connectivity index (χ3v) is 4.46. The van der Waals surface area contributed by atoms with Gasteiger partial charge in [0.2, 0.25) is 5.91 Å². The zero-order valence-corrected chi connectivity index (χ0v) is 17.1. The molecule has 0 aliphatic rings. The van der Waals surface area contributed by atoms with Crippen LogP contribution in [0.2, 0.25) is 0 Å². The van der Waals surface area contributed by atoms with Crippen molar-refractivity contribution in [2.24, 2.45) is 0 Å². The van der Waals surface area contributed by atoms with Crippen molar-refractivity contribution in [3.05, 3.63) is 10.1 Å². The van der Waals surface area contributed by atoms with Gasteiger partial charge < -0.3 is 15.4 Å². The molecule has 1 unspecified atom stereocenters. The third-order valence-electron chi connectivity index (χ3n) is 4.46. The van der Waals surface area contributed by atoms with Crippen molar-refractivity contribution in [2.45, 2.75) is 96.4 Å². The average Bonchev–Trinajstić information content (AvgIpc) is 2.65. The monoisotopic (exact) mass is 399 g/mol. The van der Waals surface area contributed by atoms with E-state index in [4.69, 9.17) is 5.41 Å². The molecule has 0 aliphatic carbocycles. The van der Waals surface area contributed by atoms with Crippen molar-refractivity contribution in [3.8, 4) is 0 Å². The zero-order chi connectivity index (χ0) is 21.0. The Kier molecular flexibility index (Phi) is 16.8. The molecule has 9 heteroatoms. The van der Waals surface area contributed by atoms with E-state index in [1.165, 1.54) is 44.9 Å². The average molecular weight is 400 g/mol. The van der Waals surface area contributed by atoms with Gasteiger partial charge in [0.05, 0.1) is 6.04 Å². The molecule has 9 nitrogen and oxygen atoms in total. The SMILES string of the molecule is CCCCCCCCCCCCC(=O)NC(C=O)CCCNC(=N)N[N+](=O)[O-]. The highest BCUT2D eigenvalue weighted by atomic mass is 16.7. The van der Waals surface area contributed by atoms with Gasteiger partial charge in [-0.3, -0.25) is 10.2 Å². The van der Waals surface area contributed by atoms with E-state index >= 15 is 0 Å². The van der Waals surface area contributed by atoms with E-state index in [1.54, 1.807) is 5.43 Å². The van der Waals surface area contributed by atoms with Crippen LogP contribution in [0, 0.1) is 15.5 Å². The number of guanidine groups is 1. The summed E-state index contributed by atoms with van der Waals surface area (Å²) >= 11 is 0.